The van der Waals surface area contributed by atoms with Crippen LogP contribution in [0.5, 0.6) is 0 Å². The van der Waals surface area contributed by atoms with E-state index in [4.69, 9.17) is 10.8 Å². The molecule has 116 valence electrons. The molecule has 0 unspecified atom stereocenters. The number of unbranched alkanes of at least 4 members (excludes halogenated alkanes) is 9. The summed E-state index contributed by atoms with van der Waals surface area (Å²) < 4.78 is 0. The Morgan fingerprint density at radius 2 is 1.35 bits per heavy atom. The van der Waals surface area contributed by atoms with E-state index in [9.17, 15) is 9.59 Å². The number of carbonyl (C=O) groups excluding carboxylic acids is 1. The van der Waals surface area contributed by atoms with Gasteiger partial charge in [0.15, 0.2) is 0 Å². The minimum Gasteiger partial charge on any atom is -0.478 e. The summed E-state index contributed by atoms with van der Waals surface area (Å²) in [5, 5.41) is 8.89. The van der Waals surface area contributed by atoms with E-state index >= 15 is 0 Å². The number of carboxylic acid groups (broad SMARTS) is 1. The van der Waals surface area contributed by atoms with Crippen molar-refractivity contribution >= 4 is 11.9 Å². The molecule has 0 aromatic carbocycles. The lowest BCUT2D eigenvalue weighted by atomic mass is 10.0. The number of rotatable bonds is 13. The van der Waals surface area contributed by atoms with Crippen LogP contribution in [0.3, 0.4) is 0 Å². The largest absolute Gasteiger partial charge is 0.478 e. The van der Waals surface area contributed by atoms with Crippen molar-refractivity contribution in [2.75, 3.05) is 0 Å². The molecule has 0 aromatic heterocycles. The number of primary amides is 1. The number of carbonyl (C=O) groups is 2. The molecule has 3 N–H and O–H groups in total. The van der Waals surface area contributed by atoms with Crippen LogP contribution in [0, 0.1) is 0 Å². The highest BCUT2D eigenvalue weighted by molar-refractivity contribution is 5.96. The van der Waals surface area contributed by atoms with Gasteiger partial charge in [0, 0.05) is 11.6 Å². The van der Waals surface area contributed by atoms with Crippen molar-refractivity contribution in [2.45, 2.75) is 77.6 Å². The lowest BCUT2D eigenvalue weighted by molar-refractivity contribution is -0.133. The molecular formula is C16H29NO3. The first-order valence-electron chi connectivity index (χ1n) is 7.81. The van der Waals surface area contributed by atoms with Gasteiger partial charge in [-0.05, 0) is 12.8 Å². The van der Waals surface area contributed by atoms with E-state index in [-0.39, 0.29) is 5.57 Å². The Kier molecular flexibility index (Phi) is 11.9. The Morgan fingerprint density at radius 1 is 0.900 bits per heavy atom. The van der Waals surface area contributed by atoms with Gasteiger partial charge in [-0.25, -0.2) is 4.79 Å². The van der Waals surface area contributed by atoms with Gasteiger partial charge in [0.25, 0.3) is 0 Å². The molecule has 0 aromatic rings. The highest BCUT2D eigenvalue weighted by Gasteiger charge is 2.07. The highest BCUT2D eigenvalue weighted by Crippen LogP contribution is 2.13. The van der Waals surface area contributed by atoms with Gasteiger partial charge in [-0.1, -0.05) is 64.7 Å². The second-order valence-electron chi connectivity index (χ2n) is 5.31. The van der Waals surface area contributed by atoms with Crippen molar-refractivity contribution < 1.29 is 14.7 Å². The molecule has 0 aliphatic heterocycles. The fourth-order valence-electron chi connectivity index (χ4n) is 2.22. The molecule has 4 heteroatoms. The van der Waals surface area contributed by atoms with Crippen molar-refractivity contribution in [3.8, 4) is 0 Å². The SMILES string of the molecule is CCCCCCCCCCCCC(=CC(N)=O)C(=O)O. The summed E-state index contributed by atoms with van der Waals surface area (Å²) >= 11 is 0. The summed E-state index contributed by atoms with van der Waals surface area (Å²) in [6.07, 6.45) is 13.5. The summed E-state index contributed by atoms with van der Waals surface area (Å²) in [5.74, 6) is -1.73. The number of nitrogens with two attached hydrogens (primary N) is 1. The second-order valence-corrected chi connectivity index (χ2v) is 5.31. The Balaban J connectivity index is 3.51. The molecule has 0 atom stereocenters. The van der Waals surface area contributed by atoms with E-state index in [2.05, 4.69) is 6.92 Å². The zero-order valence-electron chi connectivity index (χ0n) is 12.7. The van der Waals surface area contributed by atoms with Gasteiger partial charge in [0.05, 0.1) is 0 Å². The summed E-state index contributed by atoms with van der Waals surface area (Å²) in [4.78, 5) is 21.5. The molecular weight excluding hydrogens is 254 g/mol. The monoisotopic (exact) mass is 283 g/mol. The number of amides is 1. The Morgan fingerprint density at radius 3 is 1.75 bits per heavy atom. The first-order valence-corrected chi connectivity index (χ1v) is 7.81. The van der Waals surface area contributed by atoms with Gasteiger partial charge in [0.1, 0.15) is 0 Å². The molecule has 0 spiro atoms. The predicted molar refractivity (Wildman–Crippen MR) is 81.4 cm³/mol. The number of hydrogen-bond acceptors (Lipinski definition) is 2. The van der Waals surface area contributed by atoms with E-state index in [0.29, 0.717) is 6.42 Å². The van der Waals surface area contributed by atoms with Gasteiger partial charge in [-0.15, -0.1) is 0 Å². The number of hydrogen-bond donors (Lipinski definition) is 2. The fraction of sp³-hybridized carbons (Fsp3) is 0.750. The summed E-state index contributed by atoms with van der Waals surface area (Å²) in [7, 11) is 0. The Labute approximate surface area is 122 Å². The molecule has 0 aliphatic rings. The standard InChI is InChI=1S/C16H29NO3/c1-2-3-4-5-6-7-8-9-10-11-12-14(16(19)20)13-15(17)18/h13H,2-12H2,1H3,(H2,17,18)(H,19,20). The summed E-state index contributed by atoms with van der Waals surface area (Å²) in [6.45, 7) is 2.22. The van der Waals surface area contributed by atoms with Crippen molar-refractivity contribution in [1.29, 1.82) is 0 Å². The van der Waals surface area contributed by atoms with E-state index in [0.717, 1.165) is 25.3 Å². The van der Waals surface area contributed by atoms with E-state index in [1.54, 1.807) is 0 Å². The third-order valence-corrected chi connectivity index (χ3v) is 3.39. The fourth-order valence-corrected chi connectivity index (χ4v) is 2.22. The van der Waals surface area contributed by atoms with Gasteiger partial charge in [-0.3, -0.25) is 4.79 Å². The molecule has 0 rings (SSSR count). The zero-order valence-corrected chi connectivity index (χ0v) is 12.7. The minimum atomic E-state index is -1.04. The minimum absolute atomic E-state index is 0.122. The van der Waals surface area contributed by atoms with E-state index in [1.807, 2.05) is 0 Å². The van der Waals surface area contributed by atoms with Crippen LogP contribution in [0.25, 0.3) is 0 Å². The van der Waals surface area contributed by atoms with E-state index < -0.39 is 11.9 Å². The molecule has 0 saturated heterocycles. The van der Waals surface area contributed by atoms with Crippen molar-refractivity contribution in [3.05, 3.63) is 11.6 Å². The second kappa shape index (κ2) is 12.7. The summed E-state index contributed by atoms with van der Waals surface area (Å²) in [6, 6.07) is 0. The van der Waals surface area contributed by atoms with Gasteiger partial charge in [-0.2, -0.15) is 0 Å². The predicted octanol–water partition coefficient (Wildman–Crippen LogP) is 3.79. The quantitative estimate of drug-likeness (QED) is 0.398. The number of carboxylic acids is 1. The van der Waals surface area contributed by atoms with Crippen LogP contribution in [0.1, 0.15) is 77.6 Å². The molecule has 0 bridgehead atoms. The maximum atomic E-state index is 10.9. The van der Waals surface area contributed by atoms with Crippen LogP contribution < -0.4 is 5.73 Å². The lowest BCUT2D eigenvalue weighted by Gasteiger charge is -2.03. The smallest absolute Gasteiger partial charge is 0.331 e. The average molecular weight is 283 g/mol. The first kappa shape index (κ1) is 18.7. The van der Waals surface area contributed by atoms with Crippen molar-refractivity contribution in [1.82, 2.24) is 0 Å². The highest BCUT2D eigenvalue weighted by atomic mass is 16.4. The zero-order chi connectivity index (χ0) is 15.2. The van der Waals surface area contributed by atoms with Crippen molar-refractivity contribution in [2.24, 2.45) is 5.73 Å². The molecule has 0 heterocycles. The Bertz CT molecular complexity index is 311. The lowest BCUT2D eigenvalue weighted by Crippen LogP contribution is -2.11. The molecule has 0 aliphatic carbocycles. The van der Waals surface area contributed by atoms with Crippen LogP contribution in [-0.4, -0.2) is 17.0 Å². The van der Waals surface area contributed by atoms with Gasteiger partial charge in [0.2, 0.25) is 5.91 Å². The van der Waals surface area contributed by atoms with Crippen molar-refractivity contribution in [3.63, 3.8) is 0 Å². The first-order chi connectivity index (χ1) is 9.57. The van der Waals surface area contributed by atoms with Crippen LogP contribution >= 0.6 is 0 Å². The van der Waals surface area contributed by atoms with E-state index in [1.165, 1.54) is 44.9 Å². The van der Waals surface area contributed by atoms with Crippen LogP contribution in [-0.2, 0) is 9.59 Å². The third kappa shape index (κ3) is 11.8. The molecule has 0 radical (unpaired) electrons. The maximum Gasteiger partial charge on any atom is 0.331 e. The maximum absolute atomic E-state index is 10.9. The third-order valence-electron chi connectivity index (χ3n) is 3.39. The molecule has 0 saturated carbocycles. The number of aliphatic carboxylic acids is 1. The molecule has 1 amide bonds. The normalized spacial score (nSPS) is 11.6. The van der Waals surface area contributed by atoms with Crippen LogP contribution in [0.4, 0.5) is 0 Å². The average Bonchev–Trinajstić information content (AvgIpc) is 2.39. The topological polar surface area (TPSA) is 80.4 Å². The Hall–Kier alpha value is -1.32. The van der Waals surface area contributed by atoms with Gasteiger partial charge < -0.3 is 10.8 Å². The van der Waals surface area contributed by atoms with Gasteiger partial charge >= 0.3 is 5.97 Å². The molecule has 20 heavy (non-hydrogen) atoms. The molecule has 0 fully saturated rings. The van der Waals surface area contributed by atoms with Crippen LogP contribution in [0.15, 0.2) is 11.6 Å². The van der Waals surface area contributed by atoms with Crippen LogP contribution in [0.2, 0.25) is 0 Å². The molecule has 4 nitrogen and oxygen atoms in total. The summed E-state index contributed by atoms with van der Waals surface area (Å²) in [5.41, 5.74) is 5.09.